The number of nitro benzene ring substituents is 1. The molecule has 0 aliphatic carbocycles. The molecule has 1 aliphatic rings. The van der Waals surface area contributed by atoms with E-state index in [0.29, 0.717) is 49.2 Å². The third kappa shape index (κ3) is 5.92. The molecule has 0 saturated carbocycles. The number of hydrogen-bond acceptors (Lipinski definition) is 6. The van der Waals surface area contributed by atoms with Crippen molar-refractivity contribution in [2.75, 3.05) is 43.5 Å². The van der Waals surface area contributed by atoms with Crippen molar-refractivity contribution in [1.82, 2.24) is 4.90 Å². The Labute approximate surface area is 197 Å². The molecule has 2 aromatic rings. The van der Waals surface area contributed by atoms with E-state index in [1.165, 1.54) is 25.3 Å². The molecule has 0 unspecified atom stereocenters. The SMILES string of the molecule is COc1ccc(C(=O)Nc2cc(Cl)ccc2N2CCN(C(=O)CC(C)C)CC2)cc1[N+](=O)[O-]. The maximum Gasteiger partial charge on any atom is 0.311 e. The van der Waals surface area contributed by atoms with Gasteiger partial charge in [-0.25, -0.2) is 0 Å². The third-order valence-corrected chi connectivity index (χ3v) is 5.64. The van der Waals surface area contributed by atoms with Crippen LogP contribution in [0, 0.1) is 16.0 Å². The Hall–Kier alpha value is -3.33. The van der Waals surface area contributed by atoms with Crippen LogP contribution in [-0.2, 0) is 4.79 Å². The van der Waals surface area contributed by atoms with Crippen molar-refractivity contribution in [3.05, 3.63) is 57.1 Å². The summed E-state index contributed by atoms with van der Waals surface area (Å²) in [6.45, 7) is 6.45. The van der Waals surface area contributed by atoms with Gasteiger partial charge in [0.1, 0.15) is 0 Å². The van der Waals surface area contributed by atoms with Gasteiger partial charge in [0.2, 0.25) is 5.91 Å². The van der Waals surface area contributed by atoms with Gasteiger partial charge in [0.25, 0.3) is 5.91 Å². The van der Waals surface area contributed by atoms with Crippen LogP contribution in [0.15, 0.2) is 36.4 Å². The van der Waals surface area contributed by atoms with E-state index in [9.17, 15) is 19.7 Å². The Bertz CT molecular complexity index is 1050. The van der Waals surface area contributed by atoms with Crippen molar-refractivity contribution in [3.63, 3.8) is 0 Å². The Morgan fingerprint density at radius 2 is 1.85 bits per heavy atom. The number of benzene rings is 2. The van der Waals surface area contributed by atoms with Crippen molar-refractivity contribution in [1.29, 1.82) is 0 Å². The Kier molecular flexibility index (Phi) is 7.75. The van der Waals surface area contributed by atoms with E-state index in [-0.39, 0.29) is 22.9 Å². The molecule has 1 N–H and O–H groups in total. The highest BCUT2D eigenvalue weighted by molar-refractivity contribution is 6.31. The number of nitrogens with zero attached hydrogens (tertiary/aromatic N) is 3. The molecule has 3 rings (SSSR count). The number of nitro groups is 1. The van der Waals surface area contributed by atoms with E-state index in [1.54, 1.807) is 12.1 Å². The average Bonchev–Trinajstić information content (AvgIpc) is 2.78. The van der Waals surface area contributed by atoms with Gasteiger partial charge in [-0.15, -0.1) is 0 Å². The summed E-state index contributed by atoms with van der Waals surface area (Å²) in [5.74, 6) is 0.0256. The van der Waals surface area contributed by atoms with Gasteiger partial charge in [0.15, 0.2) is 5.75 Å². The lowest BCUT2D eigenvalue weighted by molar-refractivity contribution is -0.385. The minimum Gasteiger partial charge on any atom is -0.490 e. The number of piperazine rings is 1. The molecule has 176 valence electrons. The van der Waals surface area contributed by atoms with Gasteiger partial charge in [-0.05, 0) is 36.2 Å². The molecule has 1 saturated heterocycles. The molecule has 2 amide bonds. The van der Waals surface area contributed by atoms with Gasteiger partial charge in [0, 0.05) is 49.3 Å². The number of amides is 2. The van der Waals surface area contributed by atoms with E-state index < -0.39 is 10.8 Å². The van der Waals surface area contributed by atoms with Crippen LogP contribution in [0.4, 0.5) is 17.1 Å². The first kappa shape index (κ1) is 24.3. The number of anilines is 2. The van der Waals surface area contributed by atoms with Crippen molar-refractivity contribution >= 4 is 40.5 Å². The number of carbonyl (C=O) groups is 2. The molecule has 9 nitrogen and oxygen atoms in total. The van der Waals surface area contributed by atoms with Gasteiger partial charge >= 0.3 is 5.69 Å². The molecule has 0 aromatic heterocycles. The molecule has 0 bridgehead atoms. The van der Waals surface area contributed by atoms with Gasteiger partial charge < -0.3 is 19.9 Å². The number of carbonyl (C=O) groups excluding carboxylic acids is 2. The number of rotatable bonds is 7. The van der Waals surface area contributed by atoms with Gasteiger partial charge in [-0.1, -0.05) is 25.4 Å². The summed E-state index contributed by atoms with van der Waals surface area (Å²) in [6, 6.07) is 9.23. The van der Waals surface area contributed by atoms with Crippen molar-refractivity contribution in [2.45, 2.75) is 20.3 Å². The molecular formula is C23H27ClN4O5. The molecule has 1 heterocycles. The third-order valence-electron chi connectivity index (χ3n) is 5.40. The van der Waals surface area contributed by atoms with Gasteiger partial charge in [-0.2, -0.15) is 0 Å². The first-order valence-electron chi connectivity index (χ1n) is 10.7. The summed E-state index contributed by atoms with van der Waals surface area (Å²) in [5, 5.41) is 14.6. The summed E-state index contributed by atoms with van der Waals surface area (Å²) in [6.07, 6.45) is 0.524. The number of halogens is 1. The second-order valence-corrected chi connectivity index (χ2v) is 8.66. The molecule has 1 fully saturated rings. The summed E-state index contributed by atoms with van der Waals surface area (Å²) < 4.78 is 4.99. The zero-order valence-corrected chi connectivity index (χ0v) is 19.6. The predicted molar refractivity (Wildman–Crippen MR) is 127 cm³/mol. The largest absolute Gasteiger partial charge is 0.490 e. The lowest BCUT2D eigenvalue weighted by Crippen LogP contribution is -2.49. The fourth-order valence-corrected chi connectivity index (χ4v) is 3.90. The number of hydrogen-bond donors (Lipinski definition) is 1. The maximum atomic E-state index is 12.9. The molecule has 0 radical (unpaired) electrons. The maximum absolute atomic E-state index is 12.9. The fourth-order valence-electron chi connectivity index (χ4n) is 3.73. The van der Waals surface area contributed by atoms with E-state index in [1.807, 2.05) is 24.8 Å². The molecule has 0 spiro atoms. The zero-order chi connectivity index (χ0) is 24.1. The van der Waals surface area contributed by atoms with Crippen molar-refractivity contribution in [3.8, 4) is 5.75 Å². The Morgan fingerprint density at radius 1 is 1.15 bits per heavy atom. The second-order valence-electron chi connectivity index (χ2n) is 8.23. The van der Waals surface area contributed by atoms with Crippen LogP contribution < -0.4 is 15.0 Å². The lowest BCUT2D eigenvalue weighted by Gasteiger charge is -2.37. The van der Waals surface area contributed by atoms with E-state index in [2.05, 4.69) is 10.2 Å². The summed E-state index contributed by atoms with van der Waals surface area (Å²) >= 11 is 6.18. The first-order valence-corrected chi connectivity index (χ1v) is 11.0. The molecule has 2 aromatic carbocycles. The topological polar surface area (TPSA) is 105 Å². The van der Waals surface area contributed by atoms with Crippen LogP contribution in [0.25, 0.3) is 0 Å². The Morgan fingerprint density at radius 3 is 2.45 bits per heavy atom. The number of methoxy groups -OCH3 is 1. The molecule has 10 heteroatoms. The monoisotopic (exact) mass is 474 g/mol. The standard InChI is InChI=1S/C23H27ClN4O5/c1-15(2)12-22(29)27-10-8-26(9-11-27)19-6-5-17(24)14-18(19)25-23(30)16-4-7-21(33-3)20(13-16)28(31)32/h4-7,13-15H,8-12H2,1-3H3,(H,25,30). The smallest absolute Gasteiger partial charge is 0.311 e. The quantitative estimate of drug-likeness (QED) is 0.476. The van der Waals surface area contributed by atoms with E-state index >= 15 is 0 Å². The van der Waals surface area contributed by atoms with Crippen LogP contribution in [0.2, 0.25) is 5.02 Å². The lowest BCUT2D eigenvalue weighted by atomic mass is 10.1. The highest BCUT2D eigenvalue weighted by Crippen LogP contribution is 2.32. The van der Waals surface area contributed by atoms with Crippen LogP contribution in [0.1, 0.15) is 30.6 Å². The minimum absolute atomic E-state index is 0.0740. The fraction of sp³-hybridized carbons (Fsp3) is 0.391. The molecule has 1 aliphatic heterocycles. The van der Waals surface area contributed by atoms with Crippen LogP contribution in [-0.4, -0.2) is 54.9 Å². The minimum atomic E-state index is -0.597. The summed E-state index contributed by atoms with van der Waals surface area (Å²) in [5.41, 5.74) is 1.09. The van der Waals surface area contributed by atoms with Crippen LogP contribution in [0.5, 0.6) is 5.75 Å². The molecular weight excluding hydrogens is 448 g/mol. The predicted octanol–water partition coefficient (Wildman–Crippen LogP) is 4.20. The first-order chi connectivity index (χ1) is 15.7. The highest BCUT2D eigenvalue weighted by Gasteiger charge is 2.24. The van der Waals surface area contributed by atoms with Crippen molar-refractivity contribution in [2.24, 2.45) is 5.92 Å². The van der Waals surface area contributed by atoms with Gasteiger partial charge in [0.05, 0.1) is 23.4 Å². The molecule has 33 heavy (non-hydrogen) atoms. The molecule has 0 atom stereocenters. The average molecular weight is 475 g/mol. The number of ether oxygens (including phenoxy) is 1. The normalized spacial score (nSPS) is 13.7. The van der Waals surface area contributed by atoms with Crippen LogP contribution in [0.3, 0.4) is 0 Å². The second kappa shape index (κ2) is 10.5. The highest BCUT2D eigenvalue weighted by atomic mass is 35.5. The summed E-state index contributed by atoms with van der Waals surface area (Å²) in [7, 11) is 1.33. The van der Waals surface area contributed by atoms with E-state index in [0.717, 1.165) is 5.69 Å². The van der Waals surface area contributed by atoms with Crippen LogP contribution >= 0.6 is 11.6 Å². The Balaban J connectivity index is 1.77. The van der Waals surface area contributed by atoms with Gasteiger partial charge in [-0.3, -0.25) is 19.7 Å². The zero-order valence-electron chi connectivity index (χ0n) is 18.8. The van der Waals surface area contributed by atoms with Crippen molar-refractivity contribution < 1.29 is 19.2 Å². The van der Waals surface area contributed by atoms with E-state index in [4.69, 9.17) is 16.3 Å². The summed E-state index contributed by atoms with van der Waals surface area (Å²) in [4.78, 5) is 39.9. The number of nitrogens with one attached hydrogen (secondary N) is 1.